The highest BCUT2D eigenvalue weighted by Crippen LogP contribution is 2.63. The van der Waals surface area contributed by atoms with Crippen LogP contribution in [-0.2, 0) is 5.41 Å². The maximum Gasteiger partial charge on any atom is 0.143 e. The van der Waals surface area contributed by atoms with Crippen LogP contribution in [0.5, 0.6) is 0 Å². The third-order valence-electron chi connectivity index (χ3n) is 15.7. The SMILES string of the molecule is c1ccc(-c2ccc(-c3c(-c4ccc(N(c5ccc(-c6ccccc6)cc5)c5ccc6c(c5)C5(c7ccccc7-c7ccccc75)c5ccccc5-6)cc4)c4c5ccccc5oc4c4ccccc34)cc2)cc1. The first-order valence-electron chi connectivity index (χ1n) is 25.2. The molecule has 15 rings (SSSR count). The molecule has 13 aromatic rings. The van der Waals surface area contributed by atoms with Crippen LogP contribution >= 0.6 is 0 Å². The van der Waals surface area contributed by atoms with E-state index in [0.29, 0.717) is 0 Å². The first-order valence-corrected chi connectivity index (χ1v) is 25.2. The highest BCUT2D eigenvalue weighted by molar-refractivity contribution is 6.26. The Labute approximate surface area is 424 Å². The Hall–Kier alpha value is -9.50. The van der Waals surface area contributed by atoms with E-state index in [9.17, 15) is 0 Å². The topological polar surface area (TPSA) is 16.4 Å². The van der Waals surface area contributed by atoms with Crippen molar-refractivity contribution in [2.75, 3.05) is 4.90 Å². The Kier molecular flexibility index (Phi) is 9.21. The molecule has 340 valence electrons. The van der Waals surface area contributed by atoms with Crippen molar-refractivity contribution in [2.45, 2.75) is 5.41 Å². The minimum Gasteiger partial charge on any atom is -0.455 e. The molecule has 0 radical (unpaired) electrons. The van der Waals surface area contributed by atoms with E-state index in [1.54, 1.807) is 0 Å². The molecule has 73 heavy (non-hydrogen) atoms. The first kappa shape index (κ1) is 41.3. The summed E-state index contributed by atoms with van der Waals surface area (Å²) in [6, 6.07) is 100. The van der Waals surface area contributed by atoms with Crippen molar-refractivity contribution < 1.29 is 4.42 Å². The molecule has 0 atom stereocenters. The van der Waals surface area contributed by atoms with Gasteiger partial charge in [0.2, 0.25) is 0 Å². The summed E-state index contributed by atoms with van der Waals surface area (Å²) in [5.74, 6) is 0. The number of furan rings is 1. The van der Waals surface area contributed by atoms with Crippen molar-refractivity contribution in [3.05, 3.63) is 295 Å². The predicted octanol–water partition coefficient (Wildman–Crippen LogP) is 19.2. The molecule has 2 nitrogen and oxygen atoms in total. The van der Waals surface area contributed by atoms with Gasteiger partial charge in [-0.3, -0.25) is 0 Å². The van der Waals surface area contributed by atoms with E-state index in [0.717, 1.165) is 66.5 Å². The summed E-state index contributed by atoms with van der Waals surface area (Å²) in [4.78, 5) is 2.44. The lowest BCUT2D eigenvalue weighted by Crippen LogP contribution is -2.26. The summed E-state index contributed by atoms with van der Waals surface area (Å²) in [6.45, 7) is 0. The van der Waals surface area contributed by atoms with Crippen LogP contribution in [0, 0.1) is 0 Å². The highest BCUT2D eigenvalue weighted by Gasteiger charge is 2.51. The van der Waals surface area contributed by atoms with Crippen molar-refractivity contribution in [3.8, 4) is 66.8 Å². The summed E-state index contributed by atoms with van der Waals surface area (Å²) < 4.78 is 6.85. The Morgan fingerprint density at radius 3 is 1.25 bits per heavy atom. The molecule has 2 aliphatic carbocycles. The van der Waals surface area contributed by atoms with Crippen LogP contribution < -0.4 is 4.90 Å². The number of benzene rings is 12. The van der Waals surface area contributed by atoms with E-state index in [-0.39, 0.29) is 0 Å². The fourth-order valence-electron chi connectivity index (χ4n) is 12.6. The van der Waals surface area contributed by atoms with Gasteiger partial charge >= 0.3 is 0 Å². The zero-order valence-corrected chi connectivity index (χ0v) is 39.8. The third-order valence-corrected chi connectivity index (χ3v) is 15.7. The van der Waals surface area contributed by atoms with Crippen molar-refractivity contribution in [2.24, 2.45) is 0 Å². The van der Waals surface area contributed by atoms with Crippen molar-refractivity contribution >= 4 is 49.8 Å². The quantitative estimate of drug-likeness (QED) is 0.158. The maximum atomic E-state index is 6.85. The van der Waals surface area contributed by atoms with Gasteiger partial charge in [-0.15, -0.1) is 0 Å². The molecule has 1 heterocycles. The van der Waals surface area contributed by atoms with E-state index in [4.69, 9.17) is 4.42 Å². The monoisotopic (exact) mass is 927 g/mol. The molecule has 0 saturated carbocycles. The van der Waals surface area contributed by atoms with Gasteiger partial charge in [0.05, 0.1) is 5.41 Å². The maximum absolute atomic E-state index is 6.85. The van der Waals surface area contributed by atoms with Gasteiger partial charge in [-0.2, -0.15) is 0 Å². The van der Waals surface area contributed by atoms with Crippen molar-refractivity contribution in [1.82, 2.24) is 0 Å². The van der Waals surface area contributed by atoms with Gasteiger partial charge in [-0.1, -0.05) is 231 Å². The molecule has 0 fully saturated rings. The molecule has 0 amide bonds. The second-order valence-corrected chi connectivity index (χ2v) is 19.5. The molecular weight excluding hydrogens is 883 g/mol. The van der Waals surface area contributed by atoms with Crippen LogP contribution in [0.3, 0.4) is 0 Å². The average molecular weight is 928 g/mol. The largest absolute Gasteiger partial charge is 0.455 e. The van der Waals surface area contributed by atoms with Crippen molar-refractivity contribution in [1.29, 1.82) is 0 Å². The lowest BCUT2D eigenvalue weighted by molar-refractivity contribution is 0.673. The van der Waals surface area contributed by atoms with E-state index < -0.39 is 5.41 Å². The minimum absolute atomic E-state index is 0.466. The second kappa shape index (κ2) is 16.3. The fraction of sp³-hybridized carbons (Fsp3) is 0.0141. The lowest BCUT2D eigenvalue weighted by Gasteiger charge is -2.32. The zero-order chi connectivity index (χ0) is 48.0. The number of fused-ring (bicyclic) bond motifs is 15. The number of para-hydroxylation sites is 1. The molecule has 2 aliphatic rings. The molecule has 2 heteroatoms. The Morgan fingerprint density at radius 2 is 0.671 bits per heavy atom. The average Bonchev–Trinajstić information content (AvgIpc) is 4.11. The van der Waals surface area contributed by atoms with E-state index in [1.807, 2.05) is 0 Å². The summed E-state index contributed by atoms with van der Waals surface area (Å²) in [5.41, 5.74) is 24.4. The van der Waals surface area contributed by atoms with Crippen LogP contribution in [0.1, 0.15) is 22.3 Å². The van der Waals surface area contributed by atoms with Gasteiger partial charge in [0, 0.05) is 38.8 Å². The number of rotatable bonds is 7. The van der Waals surface area contributed by atoms with Crippen LogP contribution in [0.4, 0.5) is 17.1 Å². The Morgan fingerprint density at radius 1 is 0.274 bits per heavy atom. The van der Waals surface area contributed by atoms with E-state index in [1.165, 1.54) is 72.3 Å². The van der Waals surface area contributed by atoms with Crippen molar-refractivity contribution in [3.63, 3.8) is 0 Å². The van der Waals surface area contributed by atoms with Gasteiger partial charge in [0.1, 0.15) is 11.2 Å². The molecule has 0 N–H and O–H groups in total. The van der Waals surface area contributed by atoms with Gasteiger partial charge in [0.25, 0.3) is 0 Å². The molecule has 0 aliphatic heterocycles. The van der Waals surface area contributed by atoms with E-state index >= 15 is 0 Å². The number of anilines is 3. The minimum atomic E-state index is -0.466. The molecule has 0 saturated heterocycles. The summed E-state index contributed by atoms with van der Waals surface area (Å²) in [6.07, 6.45) is 0. The highest BCUT2D eigenvalue weighted by atomic mass is 16.3. The molecule has 1 spiro atoms. The molecule has 12 aromatic carbocycles. The van der Waals surface area contributed by atoms with Gasteiger partial charge < -0.3 is 9.32 Å². The smallest absolute Gasteiger partial charge is 0.143 e. The number of nitrogens with zero attached hydrogens (tertiary/aromatic N) is 1. The summed E-state index contributed by atoms with van der Waals surface area (Å²) in [5, 5.41) is 4.49. The normalized spacial score (nSPS) is 12.8. The Balaban J connectivity index is 0.943. The molecule has 0 bridgehead atoms. The number of hydrogen-bond acceptors (Lipinski definition) is 2. The third kappa shape index (κ3) is 6.17. The number of hydrogen-bond donors (Lipinski definition) is 0. The first-order chi connectivity index (χ1) is 36.2. The Bertz CT molecular complexity index is 4220. The zero-order valence-electron chi connectivity index (χ0n) is 39.8. The van der Waals surface area contributed by atoms with Crippen LogP contribution in [0.15, 0.2) is 277 Å². The van der Waals surface area contributed by atoms with Gasteiger partial charge in [-0.05, 0) is 131 Å². The summed E-state index contributed by atoms with van der Waals surface area (Å²) in [7, 11) is 0. The fourth-order valence-corrected chi connectivity index (χ4v) is 12.6. The standard InChI is InChI=1S/C71H45NO/c1-3-17-46(18-4-1)48-31-33-50(34-32-48)67-59-24-7-8-25-60(59)70-69(61-26-12-16-30-66(61)73-70)68(67)51-37-41-53(42-38-51)72(52-39-35-49(36-40-52)47-19-5-2-6-20-47)54-43-44-58-57-23-11-15-29-64(57)71(65(58)45-54)62-27-13-9-21-55(62)56-22-10-14-28-63(56)71/h1-45H. The van der Waals surface area contributed by atoms with E-state index in [2.05, 4.69) is 278 Å². The van der Waals surface area contributed by atoms with Crippen LogP contribution in [-0.4, -0.2) is 0 Å². The summed E-state index contributed by atoms with van der Waals surface area (Å²) >= 11 is 0. The predicted molar refractivity (Wildman–Crippen MR) is 304 cm³/mol. The van der Waals surface area contributed by atoms with Crippen LogP contribution in [0.2, 0.25) is 0 Å². The molecule has 0 unspecified atom stereocenters. The van der Waals surface area contributed by atoms with Crippen LogP contribution in [0.25, 0.3) is 99.5 Å². The molecular formula is C71H45NO. The van der Waals surface area contributed by atoms with Gasteiger partial charge in [0.15, 0.2) is 0 Å². The lowest BCUT2D eigenvalue weighted by atomic mass is 9.70. The van der Waals surface area contributed by atoms with Gasteiger partial charge in [-0.25, -0.2) is 0 Å². The molecule has 1 aromatic heterocycles. The second-order valence-electron chi connectivity index (χ2n) is 19.5.